The van der Waals surface area contributed by atoms with Gasteiger partial charge in [0.2, 0.25) is 0 Å². The zero-order valence-electron chi connectivity index (χ0n) is 8.22. The van der Waals surface area contributed by atoms with Gasteiger partial charge in [0.15, 0.2) is 0 Å². The van der Waals surface area contributed by atoms with E-state index < -0.39 is 0 Å². The third-order valence-electron chi connectivity index (χ3n) is 2.46. The quantitative estimate of drug-likeness (QED) is 0.735. The number of methoxy groups -OCH3 is 1. The fourth-order valence-corrected chi connectivity index (χ4v) is 3.88. The molecule has 1 aromatic rings. The Kier molecular flexibility index (Phi) is 3.41. The third kappa shape index (κ3) is 2.27. The molecule has 1 aromatic carbocycles. The SMILES string of the molecule is COC1C=C[Se]C(c2ccccc2)C1. The Morgan fingerprint density at radius 2 is 2.07 bits per heavy atom. The van der Waals surface area contributed by atoms with Gasteiger partial charge in [0.1, 0.15) is 0 Å². The van der Waals surface area contributed by atoms with Crippen molar-refractivity contribution in [1.29, 1.82) is 0 Å². The number of hydrogen-bond acceptors (Lipinski definition) is 1. The minimum absolute atomic E-state index is 0.316. The monoisotopic (exact) mass is 254 g/mol. The van der Waals surface area contributed by atoms with Crippen LogP contribution >= 0.6 is 0 Å². The molecule has 0 radical (unpaired) electrons. The van der Waals surface area contributed by atoms with Gasteiger partial charge in [0.05, 0.1) is 0 Å². The Morgan fingerprint density at radius 3 is 2.79 bits per heavy atom. The van der Waals surface area contributed by atoms with Crippen molar-refractivity contribution in [2.24, 2.45) is 0 Å². The van der Waals surface area contributed by atoms with Gasteiger partial charge in [-0.25, -0.2) is 0 Å². The third-order valence-corrected chi connectivity index (χ3v) is 4.78. The molecule has 0 saturated heterocycles. The van der Waals surface area contributed by atoms with Gasteiger partial charge in [-0.05, 0) is 0 Å². The van der Waals surface area contributed by atoms with Gasteiger partial charge in [-0.15, -0.1) is 0 Å². The van der Waals surface area contributed by atoms with Crippen LogP contribution in [0.15, 0.2) is 41.4 Å². The van der Waals surface area contributed by atoms with Gasteiger partial charge in [-0.3, -0.25) is 0 Å². The van der Waals surface area contributed by atoms with Crippen LogP contribution < -0.4 is 0 Å². The zero-order chi connectivity index (χ0) is 9.80. The van der Waals surface area contributed by atoms with E-state index in [0.29, 0.717) is 25.9 Å². The molecule has 0 amide bonds. The van der Waals surface area contributed by atoms with Crippen molar-refractivity contribution in [2.45, 2.75) is 17.3 Å². The Bertz CT molecular complexity index is 307. The van der Waals surface area contributed by atoms with Gasteiger partial charge in [-0.2, -0.15) is 0 Å². The summed E-state index contributed by atoms with van der Waals surface area (Å²) in [6, 6.07) is 10.7. The summed E-state index contributed by atoms with van der Waals surface area (Å²) in [4.78, 5) is 2.99. The summed E-state index contributed by atoms with van der Waals surface area (Å²) in [5.74, 6) is 0. The molecule has 0 aromatic heterocycles. The molecule has 0 fully saturated rings. The Hall–Kier alpha value is -0.561. The first-order valence-corrected chi connectivity index (χ1v) is 6.78. The standard InChI is InChI=1S/C12H14OSe/c1-13-11-7-8-14-12(9-11)10-5-3-2-4-6-10/h2-8,11-12H,9H2,1H3. The molecule has 0 spiro atoms. The first-order valence-electron chi connectivity index (χ1n) is 4.80. The molecule has 1 aliphatic rings. The maximum atomic E-state index is 5.37. The first-order chi connectivity index (χ1) is 6.90. The van der Waals surface area contributed by atoms with E-state index in [1.54, 1.807) is 7.11 Å². The van der Waals surface area contributed by atoms with Crippen LogP contribution in [0.5, 0.6) is 0 Å². The molecule has 0 aliphatic carbocycles. The van der Waals surface area contributed by atoms with Crippen molar-refractivity contribution in [3.8, 4) is 0 Å². The van der Waals surface area contributed by atoms with Crippen molar-refractivity contribution in [2.75, 3.05) is 7.11 Å². The average Bonchev–Trinajstić information content (AvgIpc) is 2.30. The van der Waals surface area contributed by atoms with Crippen LogP contribution in [0.1, 0.15) is 16.8 Å². The number of hydrogen-bond donors (Lipinski definition) is 0. The topological polar surface area (TPSA) is 9.23 Å². The van der Waals surface area contributed by atoms with E-state index >= 15 is 0 Å². The molecule has 1 heterocycles. The van der Waals surface area contributed by atoms with Crippen LogP contribution in [-0.2, 0) is 4.74 Å². The molecule has 0 N–H and O–H groups in total. The predicted molar refractivity (Wildman–Crippen MR) is 59.5 cm³/mol. The molecule has 2 rings (SSSR count). The summed E-state index contributed by atoms with van der Waals surface area (Å²) in [5.41, 5.74) is 1.46. The van der Waals surface area contributed by atoms with Crippen molar-refractivity contribution in [3.63, 3.8) is 0 Å². The summed E-state index contributed by atoms with van der Waals surface area (Å²) in [6.45, 7) is 0. The number of benzene rings is 1. The average molecular weight is 253 g/mol. The second-order valence-corrected chi connectivity index (χ2v) is 5.71. The van der Waals surface area contributed by atoms with E-state index in [1.165, 1.54) is 5.56 Å². The Labute approximate surface area is 91.3 Å². The van der Waals surface area contributed by atoms with Gasteiger partial charge >= 0.3 is 91.1 Å². The van der Waals surface area contributed by atoms with Gasteiger partial charge in [0, 0.05) is 0 Å². The van der Waals surface area contributed by atoms with Crippen molar-refractivity contribution in [1.82, 2.24) is 0 Å². The first kappa shape index (κ1) is 9.97. The molecule has 1 aliphatic heterocycles. The number of ether oxygens (including phenoxy) is 1. The fraction of sp³-hybridized carbons (Fsp3) is 0.333. The van der Waals surface area contributed by atoms with Gasteiger partial charge in [-0.1, -0.05) is 0 Å². The molecular formula is C12H14OSe. The molecule has 0 saturated carbocycles. The second kappa shape index (κ2) is 4.79. The summed E-state index contributed by atoms with van der Waals surface area (Å²) in [6.07, 6.45) is 3.65. The molecule has 74 valence electrons. The molecular weight excluding hydrogens is 239 g/mol. The minimum atomic E-state index is 0.316. The van der Waals surface area contributed by atoms with Crippen molar-refractivity contribution in [3.05, 3.63) is 46.9 Å². The molecule has 2 atom stereocenters. The normalized spacial score (nSPS) is 26.4. The van der Waals surface area contributed by atoms with E-state index in [-0.39, 0.29) is 0 Å². The summed E-state index contributed by atoms with van der Waals surface area (Å²) in [5, 5.41) is 0. The van der Waals surface area contributed by atoms with Gasteiger partial charge in [0.25, 0.3) is 0 Å². The Balaban J connectivity index is 2.10. The van der Waals surface area contributed by atoms with Crippen LogP contribution in [0.3, 0.4) is 0 Å². The van der Waals surface area contributed by atoms with E-state index in [9.17, 15) is 0 Å². The van der Waals surface area contributed by atoms with Crippen molar-refractivity contribution >= 4 is 15.0 Å². The van der Waals surface area contributed by atoms with E-state index in [4.69, 9.17) is 4.74 Å². The maximum absolute atomic E-state index is 5.37. The molecule has 14 heavy (non-hydrogen) atoms. The summed E-state index contributed by atoms with van der Waals surface area (Å²) in [7, 11) is 1.79. The van der Waals surface area contributed by atoms with E-state index in [2.05, 4.69) is 41.4 Å². The molecule has 2 heteroatoms. The van der Waals surface area contributed by atoms with Crippen LogP contribution in [-0.4, -0.2) is 28.2 Å². The predicted octanol–water partition coefficient (Wildman–Crippen LogP) is 2.36. The van der Waals surface area contributed by atoms with Crippen LogP contribution in [0.25, 0.3) is 0 Å². The molecule has 2 unspecified atom stereocenters. The van der Waals surface area contributed by atoms with Crippen LogP contribution in [0.2, 0.25) is 0 Å². The number of rotatable bonds is 2. The Morgan fingerprint density at radius 1 is 1.29 bits per heavy atom. The summed E-state index contributed by atoms with van der Waals surface area (Å²) < 4.78 is 5.37. The van der Waals surface area contributed by atoms with Crippen molar-refractivity contribution < 1.29 is 4.74 Å². The molecule has 0 bridgehead atoms. The summed E-state index contributed by atoms with van der Waals surface area (Å²) >= 11 is 0.594. The van der Waals surface area contributed by atoms with Gasteiger partial charge < -0.3 is 0 Å². The fourth-order valence-electron chi connectivity index (χ4n) is 1.63. The van der Waals surface area contributed by atoms with Crippen LogP contribution in [0.4, 0.5) is 0 Å². The van der Waals surface area contributed by atoms with E-state index in [1.807, 2.05) is 0 Å². The van der Waals surface area contributed by atoms with Crippen LogP contribution in [0, 0.1) is 0 Å². The second-order valence-electron chi connectivity index (χ2n) is 3.37. The molecule has 1 nitrogen and oxygen atoms in total. The zero-order valence-corrected chi connectivity index (χ0v) is 9.93. The van der Waals surface area contributed by atoms with E-state index in [0.717, 1.165) is 6.42 Å².